The number of benzene rings is 2. The van der Waals surface area contributed by atoms with Gasteiger partial charge in [-0.15, -0.1) is 0 Å². The fourth-order valence-corrected chi connectivity index (χ4v) is 2.36. The van der Waals surface area contributed by atoms with Gasteiger partial charge in [0, 0.05) is 6.42 Å². The van der Waals surface area contributed by atoms with Crippen LogP contribution in [-0.2, 0) is 4.74 Å². The number of ether oxygens (including phenoxy) is 2. The van der Waals surface area contributed by atoms with E-state index >= 15 is 0 Å². The summed E-state index contributed by atoms with van der Waals surface area (Å²) >= 11 is 0. The van der Waals surface area contributed by atoms with Gasteiger partial charge in [-0.1, -0.05) is 52.8 Å². The number of rotatable bonds is 5. The Kier molecular flexibility index (Phi) is 4.83. The standard InChI is InChI=1S/C17H18N4O2/c18-21-20-17-19-15(12-23-17)9-10-22-16-8-4-7-14(11-16)13-5-2-1-3-6-13/h1-8,11,15H,9-10,12H2,(H2,18,19,20)/t15-/m0/s1. The molecule has 2 aromatic rings. The molecule has 0 saturated carbocycles. The van der Waals surface area contributed by atoms with Crippen molar-refractivity contribution in [3.05, 3.63) is 54.6 Å². The van der Waals surface area contributed by atoms with E-state index in [9.17, 15) is 0 Å². The molecule has 1 heterocycles. The maximum atomic E-state index is 5.82. The van der Waals surface area contributed by atoms with Gasteiger partial charge in [-0.25, -0.2) is 4.99 Å². The zero-order chi connectivity index (χ0) is 15.9. The molecule has 0 aliphatic carbocycles. The van der Waals surface area contributed by atoms with E-state index in [-0.39, 0.29) is 12.1 Å². The van der Waals surface area contributed by atoms with Gasteiger partial charge in [-0.2, -0.15) is 0 Å². The first-order valence-corrected chi connectivity index (χ1v) is 7.45. The third kappa shape index (κ3) is 4.06. The second-order valence-corrected chi connectivity index (χ2v) is 5.12. The summed E-state index contributed by atoms with van der Waals surface area (Å²) in [4.78, 5) is 4.25. The van der Waals surface area contributed by atoms with Gasteiger partial charge in [0.1, 0.15) is 12.4 Å². The smallest absolute Gasteiger partial charge is 0.332 e. The number of nitrogens with zero attached hydrogens (tertiary/aromatic N) is 3. The topological polar surface area (TPSA) is 81.6 Å². The molecule has 0 saturated heterocycles. The predicted molar refractivity (Wildman–Crippen MR) is 88.2 cm³/mol. The molecule has 118 valence electrons. The second-order valence-electron chi connectivity index (χ2n) is 5.12. The number of hydrogen-bond donors (Lipinski definition) is 1. The summed E-state index contributed by atoms with van der Waals surface area (Å²) < 4.78 is 11.1. The maximum absolute atomic E-state index is 5.82. The Morgan fingerprint density at radius 3 is 2.78 bits per heavy atom. The molecular weight excluding hydrogens is 292 g/mol. The van der Waals surface area contributed by atoms with Crippen LogP contribution in [-0.4, -0.2) is 25.3 Å². The van der Waals surface area contributed by atoms with E-state index in [0.29, 0.717) is 13.2 Å². The van der Waals surface area contributed by atoms with E-state index in [1.807, 2.05) is 36.4 Å². The molecule has 23 heavy (non-hydrogen) atoms. The molecule has 6 heteroatoms. The van der Waals surface area contributed by atoms with E-state index in [2.05, 4.69) is 33.5 Å². The fourth-order valence-electron chi connectivity index (χ4n) is 2.36. The average Bonchev–Trinajstić information content (AvgIpc) is 3.04. The van der Waals surface area contributed by atoms with E-state index in [0.717, 1.165) is 17.7 Å². The van der Waals surface area contributed by atoms with Crippen LogP contribution in [0.1, 0.15) is 6.42 Å². The lowest BCUT2D eigenvalue weighted by atomic mass is 10.1. The Balaban J connectivity index is 1.55. The summed E-state index contributed by atoms with van der Waals surface area (Å²) in [6, 6.07) is 18.6. The van der Waals surface area contributed by atoms with Crippen molar-refractivity contribution in [2.24, 2.45) is 21.2 Å². The van der Waals surface area contributed by atoms with Crippen molar-refractivity contribution in [1.29, 1.82) is 0 Å². The van der Waals surface area contributed by atoms with Crippen LogP contribution < -0.4 is 10.6 Å². The third-order valence-electron chi connectivity index (χ3n) is 3.50. The predicted octanol–water partition coefficient (Wildman–Crippen LogP) is 3.20. The lowest BCUT2D eigenvalue weighted by Crippen LogP contribution is -2.11. The lowest BCUT2D eigenvalue weighted by molar-refractivity contribution is 0.263. The molecule has 0 aromatic heterocycles. The fraction of sp³-hybridized carbons (Fsp3) is 0.235. The van der Waals surface area contributed by atoms with Crippen molar-refractivity contribution >= 4 is 6.02 Å². The molecular formula is C17H18N4O2. The summed E-state index contributed by atoms with van der Waals surface area (Å²) in [6.45, 7) is 1.05. The quantitative estimate of drug-likeness (QED) is 0.523. The highest BCUT2D eigenvalue weighted by Crippen LogP contribution is 2.23. The van der Waals surface area contributed by atoms with Crippen LogP contribution in [0.2, 0.25) is 0 Å². The van der Waals surface area contributed by atoms with Crippen molar-refractivity contribution in [1.82, 2.24) is 0 Å². The number of hydrogen-bond acceptors (Lipinski definition) is 5. The van der Waals surface area contributed by atoms with Crippen LogP contribution in [0.15, 0.2) is 69.9 Å². The van der Waals surface area contributed by atoms with Gasteiger partial charge in [0.2, 0.25) is 0 Å². The molecule has 0 fully saturated rings. The molecule has 1 atom stereocenters. The Morgan fingerprint density at radius 2 is 1.96 bits per heavy atom. The first-order valence-electron chi connectivity index (χ1n) is 7.45. The molecule has 6 nitrogen and oxygen atoms in total. The monoisotopic (exact) mass is 310 g/mol. The molecule has 0 unspecified atom stereocenters. The van der Waals surface area contributed by atoms with Crippen molar-refractivity contribution in [2.45, 2.75) is 12.5 Å². The minimum atomic E-state index is 0.0350. The summed E-state index contributed by atoms with van der Waals surface area (Å²) in [6.07, 6.45) is 0.749. The molecule has 0 spiro atoms. The maximum Gasteiger partial charge on any atom is 0.332 e. The molecule has 2 aromatic carbocycles. The minimum Gasteiger partial charge on any atom is -0.493 e. The van der Waals surface area contributed by atoms with E-state index in [1.54, 1.807) is 0 Å². The Labute approximate surface area is 134 Å². The number of amidine groups is 1. The van der Waals surface area contributed by atoms with Crippen LogP contribution in [0.3, 0.4) is 0 Å². The molecule has 1 aliphatic heterocycles. The SMILES string of the molecule is NN=NC1=N[C@@H](CCOc2cccc(-c3ccccc3)c2)CO1. The van der Waals surface area contributed by atoms with E-state index in [4.69, 9.17) is 15.3 Å². The van der Waals surface area contributed by atoms with E-state index < -0.39 is 0 Å². The Morgan fingerprint density at radius 1 is 1.13 bits per heavy atom. The normalized spacial score (nSPS) is 17.0. The van der Waals surface area contributed by atoms with Crippen LogP contribution >= 0.6 is 0 Å². The summed E-state index contributed by atoms with van der Waals surface area (Å²) in [7, 11) is 0. The lowest BCUT2D eigenvalue weighted by Gasteiger charge is -2.09. The summed E-state index contributed by atoms with van der Waals surface area (Å²) in [5.41, 5.74) is 2.31. The van der Waals surface area contributed by atoms with Gasteiger partial charge in [-0.05, 0) is 23.3 Å². The van der Waals surface area contributed by atoms with Crippen molar-refractivity contribution in [2.75, 3.05) is 13.2 Å². The second kappa shape index (κ2) is 7.40. The van der Waals surface area contributed by atoms with Gasteiger partial charge in [-0.3, -0.25) is 0 Å². The molecule has 0 radical (unpaired) electrons. The van der Waals surface area contributed by atoms with Gasteiger partial charge in [0.05, 0.1) is 12.6 Å². The largest absolute Gasteiger partial charge is 0.493 e. The molecule has 0 bridgehead atoms. The number of nitrogens with two attached hydrogens (primary N) is 1. The van der Waals surface area contributed by atoms with Crippen LogP contribution in [0.25, 0.3) is 11.1 Å². The van der Waals surface area contributed by atoms with Gasteiger partial charge in [0.15, 0.2) is 0 Å². The highest BCUT2D eigenvalue weighted by molar-refractivity contribution is 5.75. The zero-order valence-corrected chi connectivity index (χ0v) is 12.6. The van der Waals surface area contributed by atoms with E-state index in [1.165, 1.54) is 5.56 Å². The molecule has 0 amide bonds. The van der Waals surface area contributed by atoms with Gasteiger partial charge < -0.3 is 15.3 Å². The third-order valence-corrected chi connectivity index (χ3v) is 3.50. The molecule has 3 rings (SSSR count). The van der Waals surface area contributed by atoms with Gasteiger partial charge >= 0.3 is 6.02 Å². The van der Waals surface area contributed by atoms with Crippen molar-refractivity contribution in [3.63, 3.8) is 0 Å². The summed E-state index contributed by atoms with van der Waals surface area (Å²) in [5.74, 6) is 5.81. The van der Waals surface area contributed by atoms with Gasteiger partial charge in [0.25, 0.3) is 0 Å². The first kappa shape index (κ1) is 15.0. The van der Waals surface area contributed by atoms with Crippen LogP contribution in [0.5, 0.6) is 5.75 Å². The molecule has 2 N–H and O–H groups in total. The zero-order valence-electron chi connectivity index (χ0n) is 12.6. The highest BCUT2D eigenvalue weighted by Gasteiger charge is 2.18. The molecule has 1 aliphatic rings. The van der Waals surface area contributed by atoms with Crippen LogP contribution in [0.4, 0.5) is 0 Å². The Bertz CT molecular complexity index is 701. The van der Waals surface area contributed by atoms with Crippen LogP contribution in [0, 0.1) is 0 Å². The number of aliphatic imine (C=N–C) groups is 1. The Hall–Kier alpha value is -2.89. The average molecular weight is 310 g/mol. The highest BCUT2D eigenvalue weighted by atomic mass is 16.5. The first-order chi connectivity index (χ1) is 11.3. The van der Waals surface area contributed by atoms with Crippen molar-refractivity contribution < 1.29 is 9.47 Å². The minimum absolute atomic E-state index is 0.0350. The summed E-state index contributed by atoms with van der Waals surface area (Å²) in [5, 5.41) is 6.73. The van der Waals surface area contributed by atoms with Crippen molar-refractivity contribution in [3.8, 4) is 16.9 Å².